The third kappa shape index (κ3) is 2.50. The second-order valence-corrected chi connectivity index (χ2v) is 5.36. The third-order valence-corrected chi connectivity index (χ3v) is 3.63. The average Bonchev–Trinajstić information content (AvgIpc) is 2.61. The van der Waals surface area contributed by atoms with Crippen LogP contribution < -0.4 is 5.32 Å². The van der Waals surface area contributed by atoms with Crippen molar-refractivity contribution in [2.45, 2.75) is 31.7 Å². The molecule has 2 rings (SSSR count). The molecule has 2 nitrogen and oxygen atoms in total. The van der Waals surface area contributed by atoms with E-state index in [0.29, 0.717) is 5.92 Å². The van der Waals surface area contributed by atoms with E-state index in [2.05, 4.69) is 12.2 Å². The van der Waals surface area contributed by atoms with Crippen molar-refractivity contribution >= 4 is 17.3 Å². The Hall–Kier alpha value is -0.730. The van der Waals surface area contributed by atoms with Gasteiger partial charge in [0, 0.05) is 10.7 Å². The average molecular weight is 240 g/mol. The first kappa shape index (κ1) is 11.7. The van der Waals surface area contributed by atoms with Crippen LogP contribution in [0.4, 0.5) is 5.69 Å². The van der Waals surface area contributed by atoms with E-state index in [-0.39, 0.29) is 12.1 Å². The fourth-order valence-corrected chi connectivity index (χ4v) is 2.75. The molecule has 3 heteroatoms. The summed E-state index contributed by atoms with van der Waals surface area (Å²) in [6.45, 7) is 2.42. The highest BCUT2D eigenvalue weighted by Crippen LogP contribution is 2.36. The lowest BCUT2D eigenvalue weighted by Gasteiger charge is -2.29. The molecule has 1 fully saturated rings. The summed E-state index contributed by atoms with van der Waals surface area (Å²) in [4.78, 5) is 0. The molecule has 1 aromatic rings. The van der Waals surface area contributed by atoms with Crippen LogP contribution >= 0.6 is 11.6 Å². The highest BCUT2D eigenvalue weighted by Gasteiger charge is 2.36. The summed E-state index contributed by atoms with van der Waals surface area (Å²) < 4.78 is 0. The maximum atomic E-state index is 9.57. The molecule has 0 amide bonds. The van der Waals surface area contributed by atoms with Crippen molar-refractivity contribution in [1.82, 2.24) is 0 Å². The van der Waals surface area contributed by atoms with Gasteiger partial charge in [-0.05, 0) is 43.4 Å². The lowest BCUT2D eigenvalue weighted by Crippen LogP contribution is -2.39. The van der Waals surface area contributed by atoms with Gasteiger partial charge in [0.15, 0.2) is 0 Å². The van der Waals surface area contributed by atoms with Gasteiger partial charge in [0.05, 0.1) is 12.1 Å². The number of aliphatic hydroxyl groups excluding tert-OH is 1. The van der Waals surface area contributed by atoms with Gasteiger partial charge in [-0.3, -0.25) is 0 Å². The zero-order chi connectivity index (χ0) is 11.6. The Morgan fingerprint density at radius 1 is 1.56 bits per heavy atom. The molecule has 0 aliphatic heterocycles. The van der Waals surface area contributed by atoms with Crippen molar-refractivity contribution in [3.63, 3.8) is 0 Å². The van der Waals surface area contributed by atoms with E-state index in [1.807, 2.05) is 24.3 Å². The standard InChI is InChI=1S/C13H18ClNO/c1-10-5-6-13(8-10,9-16)15-12-4-2-3-11(14)7-12/h2-4,7,10,15-16H,5-6,8-9H2,1H3. The summed E-state index contributed by atoms with van der Waals surface area (Å²) in [5.41, 5.74) is 0.847. The van der Waals surface area contributed by atoms with E-state index in [1.54, 1.807) is 0 Å². The van der Waals surface area contributed by atoms with Gasteiger partial charge in [0.1, 0.15) is 0 Å². The fourth-order valence-electron chi connectivity index (χ4n) is 2.56. The van der Waals surface area contributed by atoms with E-state index >= 15 is 0 Å². The molecule has 2 N–H and O–H groups in total. The van der Waals surface area contributed by atoms with Crippen molar-refractivity contribution in [3.05, 3.63) is 29.3 Å². The minimum Gasteiger partial charge on any atom is -0.394 e. The van der Waals surface area contributed by atoms with Crippen LogP contribution in [0, 0.1) is 5.92 Å². The van der Waals surface area contributed by atoms with Crippen molar-refractivity contribution in [1.29, 1.82) is 0 Å². The molecule has 0 heterocycles. The predicted molar refractivity (Wildman–Crippen MR) is 67.9 cm³/mol. The summed E-state index contributed by atoms with van der Waals surface area (Å²) in [6.07, 6.45) is 3.22. The summed E-state index contributed by atoms with van der Waals surface area (Å²) in [5, 5.41) is 13.7. The fraction of sp³-hybridized carbons (Fsp3) is 0.538. The predicted octanol–water partition coefficient (Wildman–Crippen LogP) is 3.30. The van der Waals surface area contributed by atoms with E-state index < -0.39 is 0 Å². The topological polar surface area (TPSA) is 32.3 Å². The van der Waals surface area contributed by atoms with Crippen LogP contribution in [0.15, 0.2) is 24.3 Å². The molecule has 88 valence electrons. The summed E-state index contributed by atoms with van der Waals surface area (Å²) in [7, 11) is 0. The van der Waals surface area contributed by atoms with Gasteiger partial charge in [-0.15, -0.1) is 0 Å². The number of aliphatic hydroxyl groups is 1. The number of halogens is 1. The maximum Gasteiger partial charge on any atom is 0.0661 e. The molecule has 2 atom stereocenters. The quantitative estimate of drug-likeness (QED) is 0.848. The first-order chi connectivity index (χ1) is 7.63. The second-order valence-electron chi connectivity index (χ2n) is 4.92. The SMILES string of the molecule is CC1CCC(CO)(Nc2cccc(Cl)c2)C1. The summed E-state index contributed by atoms with van der Waals surface area (Å²) in [6, 6.07) is 7.68. The first-order valence-corrected chi connectivity index (χ1v) is 6.16. The maximum absolute atomic E-state index is 9.57. The van der Waals surface area contributed by atoms with Gasteiger partial charge in [-0.2, -0.15) is 0 Å². The van der Waals surface area contributed by atoms with Gasteiger partial charge in [-0.1, -0.05) is 24.6 Å². The number of benzene rings is 1. The molecule has 2 unspecified atom stereocenters. The molecule has 0 radical (unpaired) electrons. The normalized spacial score (nSPS) is 29.3. The van der Waals surface area contributed by atoms with E-state index in [1.165, 1.54) is 6.42 Å². The number of rotatable bonds is 3. The Morgan fingerprint density at radius 3 is 2.94 bits per heavy atom. The van der Waals surface area contributed by atoms with Crippen LogP contribution in [0.5, 0.6) is 0 Å². The third-order valence-electron chi connectivity index (χ3n) is 3.39. The minimum absolute atomic E-state index is 0.149. The number of hydrogen-bond donors (Lipinski definition) is 2. The molecular formula is C13H18ClNO. The van der Waals surface area contributed by atoms with Crippen LogP contribution in [-0.2, 0) is 0 Å². The van der Waals surface area contributed by atoms with Crippen molar-refractivity contribution < 1.29 is 5.11 Å². The highest BCUT2D eigenvalue weighted by molar-refractivity contribution is 6.30. The molecule has 16 heavy (non-hydrogen) atoms. The molecule has 1 aliphatic carbocycles. The lowest BCUT2D eigenvalue weighted by molar-refractivity contribution is 0.211. The molecule has 0 aromatic heterocycles. The molecule has 0 saturated heterocycles. The Kier molecular flexibility index (Phi) is 3.41. The molecule has 0 bridgehead atoms. The van der Waals surface area contributed by atoms with Crippen LogP contribution in [0.25, 0.3) is 0 Å². The molecule has 1 aliphatic rings. The molecule has 1 saturated carbocycles. The highest BCUT2D eigenvalue weighted by atomic mass is 35.5. The van der Waals surface area contributed by atoms with Crippen molar-refractivity contribution in [2.75, 3.05) is 11.9 Å². The Bertz CT molecular complexity index is 369. The Balaban J connectivity index is 2.13. The number of hydrogen-bond acceptors (Lipinski definition) is 2. The van der Waals surface area contributed by atoms with Gasteiger partial charge >= 0.3 is 0 Å². The monoisotopic (exact) mass is 239 g/mol. The van der Waals surface area contributed by atoms with E-state index in [0.717, 1.165) is 23.6 Å². The van der Waals surface area contributed by atoms with Crippen LogP contribution in [-0.4, -0.2) is 17.3 Å². The number of nitrogens with one attached hydrogen (secondary N) is 1. The Morgan fingerprint density at radius 2 is 2.38 bits per heavy atom. The Labute approximate surface area is 102 Å². The smallest absolute Gasteiger partial charge is 0.0661 e. The largest absolute Gasteiger partial charge is 0.394 e. The van der Waals surface area contributed by atoms with Gasteiger partial charge in [0.25, 0.3) is 0 Å². The van der Waals surface area contributed by atoms with Crippen LogP contribution in [0.1, 0.15) is 26.2 Å². The van der Waals surface area contributed by atoms with Gasteiger partial charge in [0.2, 0.25) is 0 Å². The zero-order valence-electron chi connectivity index (χ0n) is 9.54. The van der Waals surface area contributed by atoms with Crippen molar-refractivity contribution in [3.8, 4) is 0 Å². The van der Waals surface area contributed by atoms with E-state index in [9.17, 15) is 5.11 Å². The van der Waals surface area contributed by atoms with Crippen LogP contribution in [0.3, 0.4) is 0 Å². The van der Waals surface area contributed by atoms with Gasteiger partial charge in [-0.25, -0.2) is 0 Å². The van der Waals surface area contributed by atoms with Crippen LogP contribution in [0.2, 0.25) is 5.02 Å². The lowest BCUT2D eigenvalue weighted by atomic mass is 9.97. The number of anilines is 1. The van der Waals surface area contributed by atoms with Crippen molar-refractivity contribution in [2.24, 2.45) is 5.92 Å². The summed E-state index contributed by atoms with van der Waals surface area (Å²) in [5.74, 6) is 0.679. The van der Waals surface area contributed by atoms with Gasteiger partial charge < -0.3 is 10.4 Å². The first-order valence-electron chi connectivity index (χ1n) is 5.78. The molecular weight excluding hydrogens is 222 g/mol. The van der Waals surface area contributed by atoms with E-state index in [4.69, 9.17) is 11.6 Å². The molecule has 1 aromatic carbocycles. The second kappa shape index (κ2) is 4.64. The summed E-state index contributed by atoms with van der Waals surface area (Å²) >= 11 is 5.95. The molecule has 0 spiro atoms. The minimum atomic E-state index is -0.149. The zero-order valence-corrected chi connectivity index (χ0v) is 10.3.